The predicted molar refractivity (Wildman–Crippen MR) is 133 cm³/mol. The highest BCUT2D eigenvalue weighted by molar-refractivity contribution is 5.98. The summed E-state index contributed by atoms with van der Waals surface area (Å²) in [6, 6.07) is 7.55. The number of aliphatic carboxylic acids is 1. The maximum Gasteiger partial charge on any atom is 0.333 e. The van der Waals surface area contributed by atoms with Crippen molar-refractivity contribution in [3.8, 4) is 5.69 Å². The van der Waals surface area contributed by atoms with E-state index in [1.807, 2.05) is 30.5 Å². The molecule has 2 aromatic heterocycles. The Morgan fingerprint density at radius 1 is 1.21 bits per heavy atom. The van der Waals surface area contributed by atoms with Crippen LogP contribution in [0.4, 0.5) is 8.78 Å². The van der Waals surface area contributed by atoms with Crippen molar-refractivity contribution >= 4 is 33.7 Å². The molecule has 4 aromatic rings. The number of aromatic nitrogens is 3. The van der Waals surface area contributed by atoms with Gasteiger partial charge in [-0.25, -0.2) is 13.6 Å². The van der Waals surface area contributed by atoms with Crippen LogP contribution in [0.25, 0.3) is 27.5 Å². The number of aliphatic hydroxyl groups is 1. The molecule has 3 N–H and O–H groups in total. The number of H-pyrrole nitrogens is 1. The number of nitrogens with one attached hydrogen (secondary N) is 1. The number of benzene rings is 2. The van der Waals surface area contributed by atoms with Gasteiger partial charge < -0.3 is 24.3 Å². The molecule has 1 saturated heterocycles. The molecule has 0 amide bonds. The fourth-order valence-electron chi connectivity index (χ4n) is 5.11. The van der Waals surface area contributed by atoms with Crippen LogP contribution in [0.15, 0.2) is 36.5 Å². The lowest BCUT2D eigenvalue weighted by molar-refractivity contribution is -0.222. The Bertz CT molecular complexity index is 1530. The molecule has 2 aromatic carbocycles. The first kappa shape index (κ1) is 25.8. The molecule has 11 heteroatoms. The zero-order valence-corrected chi connectivity index (χ0v) is 20.8. The molecule has 1 aliphatic heterocycles. The highest BCUT2D eigenvalue weighted by Crippen LogP contribution is 2.37. The Balaban J connectivity index is 1.50. The van der Waals surface area contributed by atoms with E-state index in [0.717, 1.165) is 45.2 Å². The maximum absolute atomic E-state index is 14.3. The summed E-state index contributed by atoms with van der Waals surface area (Å²) in [5.74, 6) is -3.81. The molecule has 200 valence electrons. The molecule has 1 fully saturated rings. The first-order chi connectivity index (χ1) is 18.1. The van der Waals surface area contributed by atoms with Gasteiger partial charge in [-0.15, -0.1) is 0 Å². The minimum Gasteiger partial charge on any atom is -0.479 e. The van der Waals surface area contributed by atoms with Gasteiger partial charge in [-0.05, 0) is 42.2 Å². The van der Waals surface area contributed by atoms with E-state index in [0.29, 0.717) is 5.69 Å². The van der Waals surface area contributed by atoms with Gasteiger partial charge in [-0.3, -0.25) is 9.89 Å². The van der Waals surface area contributed by atoms with Crippen LogP contribution in [-0.2, 0) is 25.5 Å². The van der Waals surface area contributed by atoms with Gasteiger partial charge in [0.25, 0.3) is 0 Å². The quantitative estimate of drug-likeness (QED) is 0.305. The van der Waals surface area contributed by atoms with E-state index >= 15 is 0 Å². The Kier molecular flexibility index (Phi) is 6.89. The highest BCUT2D eigenvalue weighted by atomic mass is 19.2. The Morgan fingerprint density at radius 3 is 2.71 bits per heavy atom. The van der Waals surface area contributed by atoms with Gasteiger partial charge in [0, 0.05) is 47.5 Å². The van der Waals surface area contributed by atoms with Crippen LogP contribution in [0.2, 0.25) is 0 Å². The molecular formula is C27H27F2N3O6. The Labute approximate surface area is 216 Å². The Hall–Kier alpha value is -3.83. The molecule has 0 radical (unpaired) electrons. The minimum absolute atomic E-state index is 0.0139. The van der Waals surface area contributed by atoms with Crippen LogP contribution >= 0.6 is 0 Å². The number of aliphatic hydroxyl groups excluding tert-OH is 1. The summed E-state index contributed by atoms with van der Waals surface area (Å²) >= 11 is 0. The third kappa shape index (κ3) is 4.86. The molecule has 0 bridgehead atoms. The third-order valence-corrected chi connectivity index (χ3v) is 6.77. The van der Waals surface area contributed by atoms with E-state index in [9.17, 15) is 28.6 Å². The molecule has 9 nitrogen and oxygen atoms in total. The van der Waals surface area contributed by atoms with Crippen molar-refractivity contribution < 1.29 is 38.1 Å². The number of carbonyl (C=O) groups is 2. The number of carboxylic acids is 1. The molecule has 0 spiro atoms. The van der Waals surface area contributed by atoms with Crippen molar-refractivity contribution in [1.82, 2.24) is 14.8 Å². The van der Waals surface area contributed by atoms with Gasteiger partial charge in [0.15, 0.2) is 17.7 Å². The lowest BCUT2D eigenvalue weighted by Gasteiger charge is -2.30. The second-order valence-corrected chi connectivity index (χ2v) is 9.79. The molecule has 38 heavy (non-hydrogen) atoms. The van der Waals surface area contributed by atoms with Crippen molar-refractivity contribution in [3.05, 3.63) is 59.4 Å². The summed E-state index contributed by atoms with van der Waals surface area (Å²) in [5, 5.41) is 27.8. The standard InChI is InChI=1S/C27H27F2N3O6/c1-13(2)26-17(4-6-24(34)38-25-10-16(33)9-23(37-25)27(35)36)18-11-21-14(12-30-31-21)7-22(18)32(26)15-3-5-19(28)20(29)8-15/h3,5,7-8,11-13,16,23,25,33H,4,6,9-10H2,1-2H3,(H,30,31)(H,35,36)/t16-,23-,25-/m0/s1. The topological polar surface area (TPSA) is 127 Å². The number of fused-ring (bicyclic) bond motifs is 2. The number of halogens is 2. The largest absolute Gasteiger partial charge is 0.479 e. The van der Waals surface area contributed by atoms with Gasteiger partial charge in [0.05, 0.1) is 23.3 Å². The van der Waals surface area contributed by atoms with E-state index in [1.54, 1.807) is 6.20 Å². The van der Waals surface area contributed by atoms with E-state index < -0.39 is 42.1 Å². The smallest absolute Gasteiger partial charge is 0.333 e. The second kappa shape index (κ2) is 10.1. The van der Waals surface area contributed by atoms with Gasteiger partial charge in [-0.1, -0.05) is 13.8 Å². The predicted octanol–water partition coefficient (Wildman–Crippen LogP) is 4.33. The number of aromatic amines is 1. The number of nitrogens with zero attached hydrogens (tertiary/aromatic N) is 2. The van der Waals surface area contributed by atoms with Crippen LogP contribution in [-0.4, -0.2) is 55.4 Å². The average Bonchev–Trinajstić information content (AvgIpc) is 3.44. The normalized spacial score (nSPS) is 19.9. The molecule has 0 aliphatic carbocycles. The monoisotopic (exact) mass is 527 g/mol. The van der Waals surface area contributed by atoms with E-state index in [2.05, 4.69) is 10.2 Å². The van der Waals surface area contributed by atoms with Crippen molar-refractivity contribution in [2.45, 2.75) is 63.9 Å². The zero-order chi connectivity index (χ0) is 27.1. The fraction of sp³-hybridized carbons (Fsp3) is 0.370. The van der Waals surface area contributed by atoms with Gasteiger partial charge >= 0.3 is 11.9 Å². The number of carbonyl (C=O) groups excluding carboxylic acids is 1. The molecule has 5 rings (SSSR count). The van der Waals surface area contributed by atoms with Crippen molar-refractivity contribution in [2.24, 2.45) is 0 Å². The molecule has 0 saturated carbocycles. The van der Waals surface area contributed by atoms with Crippen LogP contribution in [0.3, 0.4) is 0 Å². The van der Waals surface area contributed by atoms with E-state index in [4.69, 9.17) is 9.47 Å². The maximum atomic E-state index is 14.3. The number of hydrogen-bond acceptors (Lipinski definition) is 6. The number of ether oxygens (including phenoxy) is 2. The van der Waals surface area contributed by atoms with Crippen LogP contribution < -0.4 is 0 Å². The number of carboxylic acid groups (broad SMARTS) is 1. The number of aryl methyl sites for hydroxylation is 1. The zero-order valence-electron chi connectivity index (χ0n) is 20.8. The lowest BCUT2D eigenvalue weighted by Crippen LogP contribution is -2.42. The second-order valence-electron chi connectivity index (χ2n) is 9.79. The number of esters is 1. The first-order valence-corrected chi connectivity index (χ1v) is 12.3. The summed E-state index contributed by atoms with van der Waals surface area (Å²) < 4.78 is 40.5. The summed E-state index contributed by atoms with van der Waals surface area (Å²) in [5.41, 5.74) is 3.64. The van der Waals surface area contributed by atoms with Crippen LogP contribution in [0.5, 0.6) is 0 Å². The first-order valence-electron chi connectivity index (χ1n) is 12.3. The molecule has 0 unspecified atom stereocenters. The van der Waals surface area contributed by atoms with Gasteiger partial charge in [0.2, 0.25) is 6.29 Å². The van der Waals surface area contributed by atoms with Gasteiger partial charge in [0.1, 0.15) is 0 Å². The van der Waals surface area contributed by atoms with Crippen molar-refractivity contribution in [2.75, 3.05) is 0 Å². The third-order valence-electron chi connectivity index (χ3n) is 6.77. The van der Waals surface area contributed by atoms with E-state index in [1.165, 1.54) is 6.07 Å². The summed E-state index contributed by atoms with van der Waals surface area (Å²) in [7, 11) is 0. The number of hydrogen-bond donors (Lipinski definition) is 3. The summed E-state index contributed by atoms with van der Waals surface area (Å²) in [6.45, 7) is 3.95. The van der Waals surface area contributed by atoms with Crippen molar-refractivity contribution in [3.63, 3.8) is 0 Å². The molecule has 3 heterocycles. The van der Waals surface area contributed by atoms with Crippen LogP contribution in [0.1, 0.15) is 50.3 Å². The Morgan fingerprint density at radius 2 is 2.00 bits per heavy atom. The summed E-state index contributed by atoms with van der Waals surface area (Å²) in [6.07, 6.45) is -1.58. The average molecular weight is 528 g/mol. The molecule has 1 aliphatic rings. The van der Waals surface area contributed by atoms with Crippen LogP contribution in [0, 0.1) is 11.6 Å². The highest BCUT2D eigenvalue weighted by Gasteiger charge is 2.35. The van der Waals surface area contributed by atoms with Gasteiger partial charge in [-0.2, -0.15) is 5.10 Å². The van der Waals surface area contributed by atoms with Crippen molar-refractivity contribution in [1.29, 1.82) is 0 Å². The molecule has 3 atom stereocenters. The number of rotatable bonds is 7. The molecular weight excluding hydrogens is 500 g/mol. The fourth-order valence-corrected chi connectivity index (χ4v) is 5.11. The summed E-state index contributed by atoms with van der Waals surface area (Å²) in [4.78, 5) is 24.0. The lowest BCUT2D eigenvalue weighted by atomic mass is 9.99. The minimum atomic E-state index is -1.25. The SMILES string of the molecule is CC(C)c1c(CCC(=O)O[C@H]2C[C@@H](O)C[C@@H](C(=O)O)O2)c2cc3[nH]ncc3cc2n1-c1ccc(F)c(F)c1. The van der Waals surface area contributed by atoms with E-state index in [-0.39, 0.29) is 31.6 Å².